The highest BCUT2D eigenvalue weighted by molar-refractivity contribution is 5.83. The fraction of sp³-hybridized carbons (Fsp3) is 0.667. The highest BCUT2D eigenvalue weighted by Gasteiger charge is 2.24. The molecule has 1 aromatic heterocycles. The third-order valence-corrected chi connectivity index (χ3v) is 2.00. The third kappa shape index (κ3) is 2.37. The largest absolute Gasteiger partial charge is 0.459 e. The highest BCUT2D eigenvalue weighted by atomic mass is 16.6. The summed E-state index contributed by atoms with van der Waals surface area (Å²) in [6, 6.07) is 0. The molecule has 7 heteroatoms. The van der Waals surface area contributed by atoms with Gasteiger partial charge in [0, 0.05) is 0 Å². The van der Waals surface area contributed by atoms with Gasteiger partial charge in [0.05, 0.1) is 26.4 Å². The maximum Gasteiger partial charge on any atom is 0.397 e. The zero-order valence-electron chi connectivity index (χ0n) is 8.84. The molecule has 1 fully saturated rings. The normalized spacial score (nSPS) is 20.7. The van der Waals surface area contributed by atoms with Gasteiger partial charge in [-0.3, -0.25) is 0 Å². The molecule has 7 nitrogen and oxygen atoms in total. The molecule has 1 aromatic rings. The van der Waals surface area contributed by atoms with Crippen molar-refractivity contribution in [2.24, 2.45) is 0 Å². The summed E-state index contributed by atoms with van der Waals surface area (Å²) >= 11 is 0. The SMILES string of the molecule is CCOC(=O)c1nc(C2COCCO2)no1. The van der Waals surface area contributed by atoms with E-state index in [1.807, 2.05) is 0 Å². The molecule has 1 saturated heterocycles. The zero-order valence-corrected chi connectivity index (χ0v) is 8.84. The predicted molar refractivity (Wildman–Crippen MR) is 49.8 cm³/mol. The molecule has 0 radical (unpaired) electrons. The number of aromatic nitrogens is 2. The summed E-state index contributed by atoms with van der Waals surface area (Å²) in [6.45, 7) is 3.36. The Morgan fingerprint density at radius 1 is 1.56 bits per heavy atom. The van der Waals surface area contributed by atoms with Crippen LogP contribution in [0.3, 0.4) is 0 Å². The number of rotatable bonds is 3. The maximum atomic E-state index is 11.3. The van der Waals surface area contributed by atoms with Crippen molar-refractivity contribution in [1.82, 2.24) is 10.1 Å². The molecule has 2 heterocycles. The lowest BCUT2D eigenvalue weighted by Crippen LogP contribution is -2.22. The van der Waals surface area contributed by atoms with E-state index in [1.54, 1.807) is 6.92 Å². The zero-order chi connectivity index (χ0) is 11.4. The standard InChI is InChI=1S/C9H12N2O5/c1-2-14-9(12)8-10-7(11-16-8)6-5-13-3-4-15-6/h6H,2-5H2,1H3. The van der Waals surface area contributed by atoms with Gasteiger partial charge in [-0.2, -0.15) is 4.98 Å². The highest BCUT2D eigenvalue weighted by Crippen LogP contribution is 2.17. The van der Waals surface area contributed by atoms with Crippen molar-refractivity contribution in [1.29, 1.82) is 0 Å². The average Bonchev–Trinajstić information content (AvgIpc) is 2.80. The Bertz CT molecular complexity index is 359. The van der Waals surface area contributed by atoms with Gasteiger partial charge in [0.25, 0.3) is 0 Å². The van der Waals surface area contributed by atoms with Crippen LogP contribution in [0, 0.1) is 0 Å². The molecule has 0 spiro atoms. The van der Waals surface area contributed by atoms with Crippen LogP contribution in [0.15, 0.2) is 4.52 Å². The van der Waals surface area contributed by atoms with Crippen LogP contribution in [-0.2, 0) is 14.2 Å². The Labute approximate surface area is 91.7 Å². The second kappa shape index (κ2) is 5.04. The Morgan fingerprint density at radius 3 is 3.12 bits per heavy atom. The van der Waals surface area contributed by atoms with Gasteiger partial charge < -0.3 is 18.7 Å². The Hall–Kier alpha value is -1.47. The van der Waals surface area contributed by atoms with Crippen molar-refractivity contribution in [2.75, 3.05) is 26.4 Å². The quantitative estimate of drug-likeness (QED) is 0.689. The van der Waals surface area contributed by atoms with Gasteiger partial charge in [0.15, 0.2) is 0 Å². The lowest BCUT2D eigenvalue weighted by molar-refractivity contribution is -0.0941. The molecule has 2 rings (SSSR count). The van der Waals surface area contributed by atoms with Gasteiger partial charge in [0.2, 0.25) is 5.82 Å². The summed E-state index contributed by atoms with van der Waals surface area (Å²) in [6.07, 6.45) is -0.374. The number of hydrogen-bond acceptors (Lipinski definition) is 7. The minimum atomic E-state index is -0.627. The number of carbonyl (C=O) groups excluding carboxylic acids is 1. The topological polar surface area (TPSA) is 83.7 Å². The summed E-state index contributed by atoms with van der Waals surface area (Å²) < 4.78 is 20.0. The lowest BCUT2D eigenvalue weighted by Gasteiger charge is -2.19. The van der Waals surface area contributed by atoms with Gasteiger partial charge in [-0.15, -0.1) is 0 Å². The van der Waals surface area contributed by atoms with E-state index in [0.717, 1.165) is 0 Å². The number of nitrogens with zero attached hydrogens (tertiary/aromatic N) is 2. The molecule has 1 atom stereocenters. The van der Waals surface area contributed by atoms with E-state index in [9.17, 15) is 4.79 Å². The van der Waals surface area contributed by atoms with Crippen LogP contribution in [0.4, 0.5) is 0 Å². The van der Waals surface area contributed by atoms with Gasteiger partial charge in [-0.1, -0.05) is 5.16 Å². The Balaban J connectivity index is 2.03. The van der Waals surface area contributed by atoms with Crippen LogP contribution in [0.25, 0.3) is 0 Å². The molecule has 1 aliphatic rings. The van der Waals surface area contributed by atoms with Crippen LogP contribution >= 0.6 is 0 Å². The molecule has 0 aromatic carbocycles. The van der Waals surface area contributed by atoms with Gasteiger partial charge in [-0.05, 0) is 6.92 Å². The summed E-state index contributed by atoms with van der Waals surface area (Å²) in [5.41, 5.74) is 0. The van der Waals surface area contributed by atoms with Crippen molar-refractivity contribution in [3.8, 4) is 0 Å². The monoisotopic (exact) mass is 228 g/mol. The summed E-state index contributed by atoms with van der Waals surface area (Å²) in [4.78, 5) is 15.1. The summed E-state index contributed by atoms with van der Waals surface area (Å²) in [5.74, 6) is -0.480. The van der Waals surface area contributed by atoms with E-state index in [1.165, 1.54) is 0 Å². The van der Waals surface area contributed by atoms with Gasteiger partial charge in [0.1, 0.15) is 6.10 Å². The molecule has 0 saturated carbocycles. The molecule has 0 amide bonds. The molecule has 1 unspecified atom stereocenters. The number of esters is 1. The lowest BCUT2D eigenvalue weighted by atomic mass is 10.3. The molecular weight excluding hydrogens is 216 g/mol. The fourth-order valence-electron chi connectivity index (χ4n) is 1.28. The van der Waals surface area contributed by atoms with Crippen molar-refractivity contribution in [3.63, 3.8) is 0 Å². The van der Waals surface area contributed by atoms with Crippen molar-refractivity contribution < 1.29 is 23.5 Å². The second-order valence-corrected chi connectivity index (χ2v) is 3.11. The van der Waals surface area contributed by atoms with Crippen molar-refractivity contribution in [3.05, 3.63) is 11.7 Å². The molecule has 0 bridgehead atoms. The average molecular weight is 228 g/mol. The van der Waals surface area contributed by atoms with E-state index >= 15 is 0 Å². The van der Waals surface area contributed by atoms with Crippen LogP contribution in [0.1, 0.15) is 29.5 Å². The maximum absolute atomic E-state index is 11.3. The molecule has 1 aliphatic heterocycles. The Morgan fingerprint density at radius 2 is 2.44 bits per heavy atom. The van der Waals surface area contributed by atoms with Crippen LogP contribution in [-0.4, -0.2) is 42.5 Å². The predicted octanol–water partition coefficient (Wildman–Crippen LogP) is 0.334. The minimum absolute atomic E-state index is 0.161. The van der Waals surface area contributed by atoms with Crippen molar-refractivity contribution in [2.45, 2.75) is 13.0 Å². The molecular formula is C9H12N2O5. The first-order valence-corrected chi connectivity index (χ1v) is 5.01. The number of carbonyl (C=O) groups is 1. The van der Waals surface area contributed by atoms with Crippen LogP contribution in [0.5, 0.6) is 0 Å². The number of hydrogen-bond donors (Lipinski definition) is 0. The van der Waals surface area contributed by atoms with E-state index in [0.29, 0.717) is 25.6 Å². The van der Waals surface area contributed by atoms with E-state index in [4.69, 9.17) is 18.7 Å². The van der Waals surface area contributed by atoms with Crippen LogP contribution in [0.2, 0.25) is 0 Å². The van der Waals surface area contributed by atoms with E-state index < -0.39 is 5.97 Å². The van der Waals surface area contributed by atoms with E-state index in [-0.39, 0.29) is 18.6 Å². The summed E-state index contributed by atoms with van der Waals surface area (Å²) in [7, 11) is 0. The third-order valence-electron chi connectivity index (χ3n) is 2.00. The molecule has 88 valence electrons. The van der Waals surface area contributed by atoms with Crippen molar-refractivity contribution >= 4 is 5.97 Å². The van der Waals surface area contributed by atoms with Crippen LogP contribution < -0.4 is 0 Å². The fourth-order valence-corrected chi connectivity index (χ4v) is 1.28. The van der Waals surface area contributed by atoms with E-state index in [2.05, 4.69) is 10.1 Å². The minimum Gasteiger partial charge on any atom is -0.459 e. The first-order valence-electron chi connectivity index (χ1n) is 5.01. The molecule has 16 heavy (non-hydrogen) atoms. The second-order valence-electron chi connectivity index (χ2n) is 3.11. The molecule has 0 N–H and O–H groups in total. The Kier molecular flexibility index (Phi) is 3.47. The number of ether oxygens (including phenoxy) is 3. The molecule has 0 aliphatic carbocycles. The summed E-state index contributed by atoms with van der Waals surface area (Å²) in [5, 5.41) is 3.65. The smallest absolute Gasteiger partial charge is 0.397 e. The first-order chi connectivity index (χ1) is 7.81. The first kappa shape index (κ1) is 11.0. The van der Waals surface area contributed by atoms with Gasteiger partial charge >= 0.3 is 11.9 Å². The van der Waals surface area contributed by atoms with Gasteiger partial charge in [-0.25, -0.2) is 4.79 Å².